The molecule has 0 bridgehead atoms. The average molecular weight is 698 g/mol. The van der Waals surface area contributed by atoms with Gasteiger partial charge in [-0.05, 0) is 170 Å². The van der Waals surface area contributed by atoms with Crippen LogP contribution in [0.5, 0.6) is 11.5 Å². The number of aryl methyl sites for hydroxylation is 2. The van der Waals surface area contributed by atoms with Crippen LogP contribution in [0.25, 0.3) is 11.1 Å². The lowest BCUT2D eigenvalue weighted by Crippen LogP contribution is -2.60. The van der Waals surface area contributed by atoms with E-state index >= 15 is 0 Å². The molecule has 2 heterocycles. The van der Waals surface area contributed by atoms with Crippen molar-refractivity contribution in [3.63, 3.8) is 0 Å². The predicted octanol–water partition coefficient (Wildman–Crippen LogP) is 11.4. The lowest BCUT2D eigenvalue weighted by molar-refractivity contribution is 0.486. The summed E-state index contributed by atoms with van der Waals surface area (Å²) in [4.78, 5) is 2.57. The molecule has 4 aliphatic rings. The van der Waals surface area contributed by atoms with E-state index in [1.807, 2.05) is 0 Å². The first-order valence-corrected chi connectivity index (χ1v) is 20.4. The van der Waals surface area contributed by atoms with Crippen LogP contribution in [0.4, 0.5) is 17.1 Å². The highest BCUT2D eigenvalue weighted by Gasteiger charge is 2.43. The molecular formula is C50H56BNO. The van der Waals surface area contributed by atoms with Gasteiger partial charge in [0.2, 0.25) is 0 Å². The number of anilines is 3. The van der Waals surface area contributed by atoms with Gasteiger partial charge in [0.05, 0.1) is 0 Å². The van der Waals surface area contributed by atoms with Crippen molar-refractivity contribution < 1.29 is 4.74 Å². The summed E-state index contributed by atoms with van der Waals surface area (Å²) in [5, 5.41) is 0. The molecule has 0 spiro atoms. The topological polar surface area (TPSA) is 12.5 Å². The Morgan fingerprint density at radius 2 is 1.06 bits per heavy atom. The minimum Gasteiger partial charge on any atom is -0.458 e. The van der Waals surface area contributed by atoms with Gasteiger partial charge < -0.3 is 9.64 Å². The molecule has 0 atom stereocenters. The van der Waals surface area contributed by atoms with Gasteiger partial charge in [-0.3, -0.25) is 0 Å². The lowest BCUT2D eigenvalue weighted by Gasteiger charge is -2.41. The quantitative estimate of drug-likeness (QED) is 0.167. The van der Waals surface area contributed by atoms with Crippen LogP contribution in [0, 0.1) is 0 Å². The molecule has 9 rings (SSSR count). The molecule has 5 aromatic carbocycles. The van der Waals surface area contributed by atoms with Gasteiger partial charge >= 0.3 is 0 Å². The summed E-state index contributed by atoms with van der Waals surface area (Å²) in [6.45, 7) is 21.0. The molecule has 0 saturated carbocycles. The van der Waals surface area contributed by atoms with Gasteiger partial charge in [0, 0.05) is 17.1 Å². The fourth-order valence-electron chi connectivity index (χ4n) is 9.71. The van der Waals surface area contributed by atoms with Gasteiger partial charge in [0.25, 0.3) is 6.71 Å². The smallest absolute Gasteiger partial charge is 0.256 e. The standard InChI is InChI=1S/C50H56BNO/c1-48(2,3)34-18-22-37(23-19-34)52-42-24-20-35(49(4,5)6)29-40(42)51-41-30-36(50(7,8)9)21-25-44(41)53-45-28-33(27-43(52)47(45)51)46-38-16-12-10-14-31(38)26-32-15-11-13-17-39(32)46/h18-30H,10-17H2,1-9H3. The van der Waals surface area contributed by atoms with Crippen LogP contribution in [0.2, 0.25) is 0 Å². The SMILES string of the molecule is CC(C)(C)c1ccc(N2c3ccc(C(C)(C)C)cc3B3c4cc(C(C)(C)C)ccc4Oc4cc(-c5c6c(cc7c5CCCC7)CCCC6)cc2c43)cc1. The van der Waals surface area contributed by atoms with E-state index in [4.69, 9.17) is 4.74 Å². The van der Waals surface area contributed by atoms with Crippen LogP contribution < -0.4 is 26.0 Å². The van der Waals surface area contributed by atoms with E-state index < -0.39 is 0 Å². The summed E-state index contributed by atoms with van der Waals surface area (Å²) in [5.41, 5.74) is 21.1. The molecule has 2 aliphatic carbocycles. The van der Waals surface area contributed by atoms with Gasteiger partial charge in [0.1, 0.15) is 11.5 Å². The van der Waals surface area contributed by atoms with Crippen molar-refractivity contribution in [2.24, 2.45) is 0 Å². The van der Waals surface area contributed by atoms with Crippen LogP contribution in [-0.2, 0) is 41.9 Å². The molecule has 5 aromatic rings. The lowest BCUT2D eigenvalue weighted by atomic mass is 9.33. The van der Waals surface area contributed by atoms with Crippen LogP contribution in [0.1, 0.15) is 127 Å². The summed E-state index contributed by atoms with van der Waals surface area (Å²) >= 11 is 0. The van der Waals surface area contributed by atoms with Crippen molar-refractivity contribution in [2.75, 3.05) is 4.90 Å². The minimum absolute atomic E-state index is 0.0218. The Balaban J connectivity index is 1.36. The zero-order chi connectivity index (χ0) is 37.0. The average Bonchev–Trinajstić information content (AvgIpc) is 3.12. The molecular weight excluding hydrogens is 641 g/mol. The van der Waals surface area contributed by atoms with Gasteiger partial charge in [-0.15, -0.1) is 0 Å². The van der Waals surface area contributed by atoms with Crippen LogP contribution >= 0.6 is 0 Å². The number of hydrogen-bond acceptors (Lipinski definition) is 2. The fraction of sp³-hybridized carbons (Fsp3) is 0.400. The highest BCUT2D eigenvalue weighted by molar-refractivity contribution is 6.99. The van der Waals surface area contributed by atoms with Crippen LogP contribution in [0.3, 0.4) is 0 Å². The molecule has 0 N–H and O–H groups in total. The van der Waals surface area contributed by atoms with E-state index in [1.165, 1.54) is 113 Å². The highest BCUT2D eigenvalue weighted by Crippen LogP contribution is 2.47. The Morgan fingerprint density at radius 3 is 1.66 bits per heavy atom. The van der Waals surface area contributed by atoms with Crippen molar-refractivity contribution >= 4 is 40.2 Å². The summed E-state index contributed by atoms with van der Waals surface area (Å²) < 4.78 is 7.18. The predicted molar refractivity (Wildman–Crippen MR) is 227 cm³/mol. The van der Waals surface area contributed by atoms with E-state index in [-0.39, 0.29) is 23.0 Å². The monoisotopic (exact) mass is 697 g/mol. The third kappa shape index (κ3) is 5.76. The maximum atomic E-state index is 7.18. The normalized spacial score (nSPS) is 16.2. The third-order valence-corrected chi connectivity index (χ3v) is 12.8. The number of rotatable bonds is 2. The van der Waals surface area contributed by atoms with Crippen molar-refractivity contribution in [1.29, 1.82) is 0 Å². The zero-order valence-electron chi connectivity index (χ0n) is 33.6. The summed E-state index contributed by atoms with van der Waals surface area (Å²) in [6, 6.07) is 31.3. The fourth-order valence-corrected chi connectivity index (χ4v) is 9.71. The maximum absolute atomic E-state index is 7.18. The minimum atomic E-state index is 0.0218. The second-order valence-electron chi connectivity index (χ2n) is 19.5. The van der Waals surface area contributed by atoms with E-state index in [0.29, 0.717) is 0 Å². The molecule has 0 aromatic heterocycles. The van der Waals surface area contributed by atoms with Crippen molar-refractivity contribution in [3.8, 4) is 22.6 Å². The summed E-state index contributed by atoms with van der Waals surface area (Å²) in [7, 11) is 0. The largest absolute Gasteiger partial charge is 0.458 e. The molecule has 0 amide bonds. The molecule has 270 valence electrons. The number of fused-ring (bicyclic) bond motifs is 6. The molecule has 53 heavy (non-hydrogen) atoms. The van der Waals surface area contributed by atoms with Gasteiger partial charge in [-0.1, -0.05) is 105 Å². The first-order valence-electron chi connectivity index (χ1n) is 20.4. The number of nitrogens with zero attached hydrogens (tertiary/aromatic N) is 1. The van der Waals surface area contributed by atoms with Crippen LogP contribution in [0.15, 0.2) is 78.9 Å². The Kier molecular flexibility index (Phi) is 7.91. The number of ether oxygens (including phenoxy) is 1. The first-order chi connectivity index (χ1) is 25.2. The number of benzene rings is 5. The first kappa shape index (κ1) is 34.5. The Morgan fingerprint density at radius 1 is 0.509 bits per heavy atom. The van der Waals surface area contributed by atoms with Gasteiger partial charge in [-0.2, -0.15) is 0 Å². The second-order valence-corrected chi connectivity index (χ2v) is 19.5. The molecule has 2 aliphatic heterocycles. The summed E-state index contributed by atoms with van der Waals surface area (Å²) in [6.07, 6.45) is 9.87. The Hall–Kier alpha value is -4.24. The molecule has 0 saturated heterocycles. The molecule has 0 unspecified atom stereocenters. The third-order valence-electron chi connectivity index (χ3n) is 12.8. The van der Waals surface area contributed by atoms with Gasteiger partial charge in [-0.25, -0.2) is 0 Å². The van der Waals surface area contributed by atoms with E-state index in [2.05, 4.69) is 146 Å². The second kappa shape index (κ2) is 12.1. The highest BCUT2D eigenvalue weighted by atomic mass is 16.5. The van der Waals surface area contributed by atoms with Crippen molar-refractivity contribution in [3.05, 3.63) is 118 Å². The van der Waals surface area contributed by atoms with Crippen molar-refractivity contribution in [1.82, 2.24) is 0 Å². The zero-order valence-corrected chi connectivity index (χ0v) is 33.6. The van der Waals surface area contributed by atoms with Crippen LogP contribution in [-0.4, -0.2) is 6.71 Å². The molecule has 0 radical (unpaired) electrons. The van der Waals surface area contributed by atoms with E-state index in [1.54, 1.807) is 22.3 Å². The van der Waals surface area contributed by atoms with E-state index in [0.717, 1.165) is 11.5 Å². The van der Waals surface area contributed by atoms with Gasteiger partial charge in [0.15, 0.2) is 0 Å². The van der Waals surface area contributed by atoms with E-state index in [9.17, 15) is 0 Å². The molecule has 3 heteroatoms. The molecule has 0 fully saturated rings. The Bertz CT molecular complexity index is 2240. The van der Waals surface area contributed by atoms with Crippen molar-refractivity contribution in [2.45, 2.75) is 130 Å². The maximum Gasteiger partial charge on any atom is 0.256 e. The molecule has 2 nitrogen and oxygen atoms in total. The summed E-state index contributed by atoms with van der Waals surface area (Å²) in [5.74, 6) is 2.01. The number of hydrogen-bond donors (Lipinski definition) is 0. The Labute approximate surface area is 319 Å².